The summed E-state index contributed by atoms with van der Waals surface area (Å²) in [7, 11) is 2.05. The van der Waals surface area contributed by atoms with Crippen LogP contribution in [0.1, 0.15) is 44.6 Å². The Labute approximate surface area is 127 Å². The van der Waals surface area contributed by atoms with E-state index in [9.17, 15) is 4.79 Å². The number of nitrogens with one attached hydrogen (secondary N) is 1. The number of carbonyl (C=O) groups excluding carboxylic acids is 1. The van der Waals surface area contributed by atoms with Gasteiger partial charge in [-0.2, -0.15) is 0 Å². The molecule has 0 saturated heterocycles. The molecule has 1 saturated carbocycles. The van der Waals surface area contributed by atoms with Gasteiger partial charge < -0.3 is 11.1 Å². The first-order chi connectivity index (χ1) is 10.1. The summed E-state index contributed by atoms with van der Waals surface area (Å²) in [5.74, 6) is 0.0340. The van der Waals surface area contributed by atoms with E-state index < -0.39 is 0 Å². The molecule has 1 aromatic rings. The van der Waals surface area contributed by atoms with Gasteiger partial charge in [0.2, 0.25) is 5.91 Å². The molecular weight excluding hydrogens is 262 g/mol. The summed E-state index contributed by atoms with van der Waals surface area (Å²) in [6.45, 7) is 2.52. The van der Waals surface area contributed by atoms with Crippen LogP contribution in [0.3, 0.4) is 0 Å². The number of likely N-dealkylation sites (N-methyl/N-ethyl adjacent to an activating group) is 1. The van der Waals surface area contributed by atoms with Gasteiger partial charge in [0.25, 0.3) is 0 Å². The van der Waals surface area contributed by atoms with E-state index >= 15 is 0 Å². The lowest BCUT2D eigenvalue weighted by molar-refractivity contribution is -0.117. The van der Waals surface area contributed by atoms with Crippen molar-refractivity contribution in [2.24, 2.45) is 0 Å². The second-order valence-electron chi connectivity index (χ2n) is 6.02. The molecule has 0 atom stereocenters. The summed E-state index contributed by atoms with van der Waals surface area (Å²) in [5, 5.41) is 2.94. The number of rotatable bonds is 5. The molecule has 0 spiro atoms. The molecule has 1 amide bonds. The van der Waals surface area contributed by atoms with E-state index in [1.165, 1.54) is 32.1 Å². The zero-order chi connectivity index (χ0) is 15.2. The average molecular weight is 289 g/mol. The van der Waals surface area contributed by atoms with Crippen molar-refractivity contribution in [3.8, 4) is 0 Å². The Kier molecular flexibility index (Phi) is 5.62. The maximum atomic E-state index is 12.1. The van der Waals surface area contributed by atoms with Crippen molar-refractivity contribution >= 4 is 17.3 Å². The number of anilines is 2. The Morgan fingerprint density at radius 2 is 2.05 bits per heavy atom. The van der Waals surface area contributed by atoms with Crippen LogP contribution in [0.15, 0.2) is 18.2 Å². The van der Waals surface area contributed by atoms with Crippen LogP contribution < -0.4 is 11.1 Å². The molecule has 1 aliphatic carbocycles. The lowest BCUT2D eigenvalue weighted by Gasteiger charge is -2.30. The molecule has 4 nitrogen and oxygen atoms in total. The van der Waals surface area contributed by atoms with Crippen molar-refractivity contribution in [2.75, 3.05) is 24.6 Å². The van der Waals surface area contributed by atoms with Crippen molar-refractivity contribution in [2.45, 2.75) is 51.5 Å². The normalized spacial score (nSPS) is 16.1. The molecule has 0 aliphatic heterocycles. The number of benzene rings is 1. The molecule has 0 aromatic heterocycles. The van der Waals surface area contributed by atoms with Gasteiger partial charge >= 0.3 is 0 Å². The van der Waals surface area contributed by atoms with E-state index in [4.69, 9.17) is 5.73 Å². The van der Waals surface area contributed by atoms with Crippen LogP contribution in [0, 0.1) is 0 Å². The largest absolute Gasteiger partial charge is 0.398 e. The van der Waals surface area contributed by atoms with Gasteiger partial charge in [-0.25, -0.2) is 0 Å². The number of hydrogen-bond donors (Lipinski definition) is 2. The van der Waals surface area contributed by atoms with Crippen LogP contribution in [-0.2, 0) is 11.2 Å². The van der Waals surface area contributed by atoms with Crippen LogP contribution in [0.2, 0.25) is 0 Å². The summed E-state index contributed by atoms with van der Waals surface area (Å²) in [4.78, 5) is 14.3. The SMILES string of the molecule is CCc1ccc(NC(=O)CN(C)C2CCCCC2)cc1N. The summed E-state index contributed by atoms with van der Waals surface area (Å²) in [5.41, 5.74) is 8.61. The maximum absolute atomic E-state index is 12.1. The van der Waals surface area contributed by atoms with Crippen molar-refractivity contribution in [3.63, 3.8) is 0 Å². The number of nitrogens with zero attached hydrogens (tertiary/aromatic N) is 1. The molecule has 0 heterocycles. The first kappa shape index (κ1) is 15.8. The fraction of sp³-hybridized carbons (Fsp3) is 0.588. The van der Waals surface area contributed by atoms with E-state index in [1.54, 1.807) is 0 Å². The lowest BCUT2D eigenvalue weighted by atomic mass is 9.94. The zero-order valence-electron chi connectivity index (χ0n) is 13.2. The first-order valence-corrected chi connectivity index (χ1v) is 7.98. The minimum absolute atomic E-state index is 0.0340. The summed E-state index contributed by atoms with van der Waals surface area (Å²) in [6.07, 6.45) is 7.23. The lowest BCUT2D eigenvalue weighted by Crippen LogP contribution is -2.39. The van der Waals surface area contributed by atoms with Gasteiger partial charge in [0.05, 0.1) is 6.54 Å². The Bertz CT molecular complexity index is 481. The van der Waals surface area contributed by atoms with Gasteiger partial charge in [0.15, 0.2) is 0 Å². The molecule has 0 radical (unpaired) electrons. The average Bonchev–Trinajstić information content (AvgIpc) is 2.48. The van der Waals surface area contributed by atoms with Crippen LogP contribution in [0.4, 0.5) is 11.4 Å². The molecule has 3 N–H and O–H groups in total. The fourth-order valence-electron chi connectivity index (χ4n) is 3.07. The predicted molar refractivity (Wildman–Crippen MR) is 88.4 cm³/mol. The van der Waals surface area contributed by atoms with Gasteiger partial charge in [-0.3, -0.25) is 9.69 Å². The van der Waals surface area contributed by atoms with Crippen LogP contribution >= 0.6 is 0 Å². The molecular formula is C17H27N3O. The second kappa shape index (κ2) is 7.46. The van der Waals surface area contributed by atoms with Gasteiger partial charge in [-0.15, -0.1) is 0 Å². The standard InChI is InChI=1S/C17H27N3O/c1-3-13-9-10-14(11-16(13)18)19-17(21)12-20(2)15-7-5-4-6-8-15/h9-11,15H,3-8,12,18H2,1-2H3,(H,19,21). The number of amides is 1. The van der Waals surface area contributed by atoms with Crippen molar-refractivity contribution in [3.05, 3.63) is 23.8 Å². The molecule has 0 unspecified atom stereocenters. The van der Waals surface area contributed by atoms with Gasteiger partial charge in [-0.1, -0.05) is 32.3 Å². The van der Waals surface area contributed by atoms with Crippen LogP contribution in [0.5, 0.6) is 0 Å². The summed E-state index contributed by atoms with van der Waals surface area (Å²) >= 11 is 0. The fourth-order valence-corrected chi connectivity index (χ4v) is 3.07. The molecule has 21 heavy (non-hydrogen) atoms. The number of nitrogens with two attached hydrogens (primary N) is 1. The molecule has 2 rings (SSSR count). The molecule has 1 fully saturated rings. The number of carbonyl (C=O) groups is 1. The molecule has 0 bridgehead atoms. The predicted octanol–water partition coefficient (Wildman–Crippen LogP) is 3.03. The quantitative estimate of drug-likeness (QED) is 0.819. The van der Waals surface area contributed by atoms with E-state index in [2.05, 4.69) is 17.1 Å². The second-order valence-corrected chi connectivity index (χ2v) is 6.02. The van der Waals surface area contributed by atoms with Crippen molar-refractivity contribution in [1.29, 1.82) is 0 Å². The highest BCUT2D eigenvalue weighted by molar-refractivity contribution is 5.92. The third-order valence-electron chi connectivity index (χ3n) is 4.40. The van der Waals surface area contributed by atoms with E-state index in [1.807, 2.05) is 25.2 Å². The maximum Gasteiger partial charge on any atom is 0.238 e. The van der Waals surface area contributed by atoms with E-state index in [0.717, 1.165) is 23.4 Å². The molecule has 4 heteroatoms. The minimum atomic E-state index is 0.0340. The molecule has 1 aromatic carbocycles. The summed E-state index contributed by atoms with van der Waals surface area (Å²) in [6, 6.07) is 6.30. The monoisotopic (exact) mass is 289 g/mol. The Morgan fingerprint density at radius 1 is 1.33 bits per heavy atom. The van der Waals surface area contributed by atoms with Gasteiger partial charge in [-0.05, 0) is 44.0 Å². The smallest absolute Gasteiger partial charge is 0.238 e. The van der Waals surface area contributed by atoms with Crippen molar-refractivity contribution < 1.29 is 4.79 Å². The first-order valence-electron chi connectivity index (χ1n) is 7.98. The molecule has 116 valence electrons. The van der Waals surface area contributed by atoms with E-state index in [0.29, 0.717) is 12.6 Å². The van der Waals surface area contributed by atoms with Crippen LogP contribution in [-0.4, -0.2) is 30.4 Å². The number of nitrogen functional groups attached to an aromatic ring is 1. The van der Waals surface area contributed by atoms with E-state index in [-0.39, 0.29) is 5.91 Å². The number of aryl methyl sites for hydroxylation is 1. The Hall–Kier alpha value is -1.55. The van der Waals surface area contributed by atoms with Gasteiger partial charge in [0.1, 0.15) is 0 Å². The van der Waals surface area contributed by atoms with Gasteiger partial charge in [0, 0.05) is 17.4 Å². The highest BCUT2D eigenvalue weighted by Crippen LogP contribution is 2.22. The molecule has 1 aliphatic rings. The summed E-state index contributed by atoms with van der Waals surface area (Å²) < 4.78 is 0. The Balaban J connectivity index is 1.87. The highest BCUT2D eigenvalue weighted by Gasteiger charge is 2.19. The van der Waals surface area contributed by atoms with Crippen molar-refractivity contribution in [1.82, 2.24) is 4.90 Å². The minimum Gasteiger partial charge on any atom is -0.398 e. The topological polar surface area (TPSA) is 58.4 Å². The highest BCUT2D eigenvalue weighted by atomic mass is 16.2. The zero-order valence-corrected chi connectivity index (χ0v) is 13.2. The Morgan fingerprint density at radius 3 is 2.67 bits per heavy atom. The third kappa shape index (κ3) is 4.46. The van der Waals surface area contributed by atoms with Crippen LogP contribution in [0.25, 0.3) is 0 Å². The number of hydrogen-bond acceptors (Lipinski definition) is 3. The third-order valence-corrected chi connectivity index (χ3v) is 4.40.